The molecule has 1 aromatic carbocycles. The molecular weight excluding hydrogens is 360 g/mol. The maximum atomic E-state index is 11.5. The fourth-order valence-corrected chi connectivity index (χ4v) is 4.07. The number of piperidine rings is 1. The minimum Gasteiger partial charge on any atom is -0.356 e. The minimum absolute atomic E-state index is 0.362. The van der Waals surface area contributed by atoms with Crippen molar-refractivity contribution >= 4 is 15.8 Å². The number of guanidine groups is 1. The number of aliphatic imine (C=N–C) groups is 1. The monoisotopic (exact) mass is 394 g/mol. The molecule has 2 rings (SSSR count). The van der Waals surface area contributed by atoms with Gasteiger partial charge in [0.25, 0.3) is 0 Å². The maximum absolute atomic E-state index is 11.5. The maximum Gasteiger partial charge on any atom is 0.190 e. The predicted octanol–water partition coefficient (Wildman–Crippen LogP) is 1.92. The Morgan fingerprint density at radius 2 is 1.78 bits per heavy atom. The van der Waals surface area contributed by atoms with Crippen LogP contribution in [-0.4, -0.2) is 65.3 Å². The zero-order chi connectivity index (χ0) is 19.7. The van der Waals surface area contributed by atoms with Crippen LogP contribution in [0.3, 0.4) is 0 Å². The molecule has 1 aliphatic heterocycles. The Morgan fingerprint density at radius 1 is 1.15 bits per heavy atom. The van der Waals surface area contributed by atoms with Gasteiger partial charge in [-0.15, -0.1) is 0 Å². The van der Waals surface area contributed by atoms with Crippen molar-refractivity contribution in [2.45, 2.75) is 37.5 Å². The molecule has 0 spiro atoms. The third-order valence-corrected chi connectivity index (χ3v) is 6.41. The van der Waals surface area contributed by atoms with Gasteiger partial charge in [-0.25, -0.2) is 8.42 Å². The molecule has 1 fully saturated rings. The highest BCUT2D eigenvalue weighted by molar-refractivity contribution is 7.90. The van der Waals surface area contributed by atoms with E-state index in [2.05, 4.69) is 27.4 Å². The number of benzene rings is 1. The molecule has 27 heavy (non-hydrogen) atoms. The van der Waals surface area contributed by atoms with Gasteiger partial charge in [0.1, 0.15) is 0 Å². The van der Waals surface area contributed by atoms with Gasteiger partial charge in [-0.3, -0.25) is 4.99 Å². The minimum atomic E-state index is -3.13. The van der Waals surface area contributed by atoms with Crippen molar-refractivity contribution in [3.8, 4) is 0 Å². The van der Waals surface area contributed by atoms with Crippen molar-refractivity contribution in [1.82, 2.24) is 15.5 Å². The summed E-state index contributed by atoms with van der Waals surface area (Å²) < 4.78 is 23.0. The van der Waals surface area contributed by atoms with E-state index < -0.39 is 9.84 Å². The Labute approximate surface area is 164 Å². The lowest BCUT2D eigenvalue weighted by atomic mass is 9.93. The quantitative estimate of drug-likeness (QED) is 0.521. The second-order valence-electron chi connectivity index (χ2n) is 7.26. The molecule has 0 radical (unpaired) electrons. The number of rotatable bonds is 8. The van der Waals surface area contributed by atoms with E-state index in [4.69, 9.17) is 0 Å². The van der Waals surface area contributed by atoms with E-state index in [1.165, 1.54) is 45.2 Å². The van der Waals surface area contributed by atoms with Crippen molar-refractivity contribution in [2.75, 3.05) is 46.0 Å². The van der Waals surface area contributed by atoms with Crippen molar-refractivity contribution in [3.63, 3.8) is 0 Å². The van der Waals surface area contributed by atoms with E-state index in [-0.39, 0.29) is 0 Å². The molecule has 1 heterocycles. The zero-order valence-electron chi connectivity index (χ0n) is 16.9. The van der Waals surface area contributed by atoms with Gasteiger partial charge in [-0.2, -0.15) is 0 Å². The summed E-state index contributed by atoms with van der Waals surface area (Å²) in [6.45, 7) is 7.56. The van der Waals surface area contributed by atoms with E-state index in [9.17, 15) is 8.42 Å². The van der Waals surface area contributed by atoms with Crippen LogP contribution < -0.4 is 10.6 Å². The lowest BCUT2D eigenvalue weighted by Gasteiger charge is -2.31. The zero-order valence-corrected chi connectivity index (χ0v) is 17.7. The molecule has 152 valence electrons. The number of hydrogen-bond acceptors (Lipinski definition) is 4. The second-order valence-corrected chi connectivity index (χ2v) is 9.27. The second kappa shape index (κ2) is 10.7. The van der Waals surface area contributed by atoms with Crippen LogP contribution in [0.1, 0.15) is 31.7 Å². The molecule has 1 aromatic rings. The molecule has 1 saturated heterocycles. The Kier molecular flexibility index (Phi) is 8.57. The fourth-order valence-electron chi connectivity index (χ4n) is 3.44. The van der Waals surface area contributed by atoms with Gasteiger partial charge in [-0.1, -0.05) is 19.1 Å². The fraction of sp³-hybridized carbons (Fsp3) is 0.650. The molecule has 0 amide bonds. The molecule has 0 aromatic heterocycles. The molecule has 6 nitrogen and oxygen atoms in total. The molecule has 0 aliphatic carbocycles. The Bertz CT molecular complexity index is 693. The first-order valence-corrected chi connectivity index (χ1v) is 11.8. The van der Waals surface area contributed by atoms with Gasteiger partial charge >= 0.3 is 0 Å². The predicted molar refractivity (Wildman–Crippen MR) is 112 cm³/mol. The summed E-state index contributed by atoms with van der Waals surface area (Å²) in [5, 5.41) is 6.73. The van der Waals surface area contributed by atoms with Crippen LogP contribution in [0.15, 0.2) is 34.2 Å². The first kappa shape index (κ1) is 21.7. The van der Waals surface area contributed by atoms with E-state index >= 15 is 0 Å². The standard InChI is InChI=1S/C20H34N4O2S/c1-4-24-15-11-18(12-16-24)10-14-23-20(21-2)22-13-9-17-5-7-19(8-6-17)27(3,25)26/h5-8,18H,4,9-16H2,1-3H3,(H2,21,22,23). The van der Waals surface area contributed by atoms with Crippen LogP contribution in [0.4, 0.5) is 0 Å². The summed E-state index contributed by atoms with van der Waals surface area (Å²) in [4.78, 5) is 7.16. The van der Waals surface area contributed by atoms with Gasteiger partial charge in [-0.05, 0) is 68.9 Å². The van der Waals surface area contributed by atoms with Crippen LogP contribution in [0.5, 0.6) is 0 Å². The largest absolute Gasteiger partial charge is 0.356 e. The van der Waals surface area contributed by atoms with E-state index in [0.29, 0.717) is 4.90 Å². The van der Waals surface area contributed by atoms with Crippen molar-refractivity contribution in [2.24, 2.45) is 10.9 Å². The van der Waals surface area contributed by atoms with Gasteiger partial charge in [0.05, 0.1) is 4.90 Å². The molecule has 0 bridgehead atoms. The highest BCUT2D eigenvalue weighted by Crippen LogP contribution is 2.19. The number of hydrogen-bond donors (Lipinski definition) is 2. The highest BCUT2D eigenvalue weighted by Gasteiger charge is 2.17. The molecule has 2 N–H and O–H groups in total. The van der Waals surface area contributed by atoms with Crippen LogP contribution in [-0.2, 0) is 16.3 Å². The number of nitrogens with one attached hydrogen (secondary N) is 2. The summed E-state index contributed by atoms with van der Waals surface area (Å²) in [6.07, 6.45) is 5.83. The van der Waals surface area contributed by atoms with Crippen LogP contribution >= 0.6 is 0 Å². The SMILES string of the molecule is CCN1CCC(CCNC(=NC)NCCc2ccc(S(C)(=O)=O)cc2)CC1. The Balaban J connectivity index is 1.65. The van der Waals surface area contributed by atoms with E-state index in [1.54, 1.807) is 19.2 Å². The average molecular weight is 395 g/mol. The molecule has 0 unspecified atom stereocenters. The normalized spacial score (nSPS) is 17.1. The molecular formula is C20H34N4O2S. The molecule has 0 saturated carbocycles. The third-order valence-electron chi connectivity index (χ3n) is 5.28. The first-order chi connectivity index (χ1) is 12.9. The molecule has 7 heteroatoms. The van der Waals surface area contributed by atoms with Crippen molar-refractivity contribution < 1.29 is 8.42 Å². The third kappa shape index (κ3) is 7.50. The smallest absolute Gasteiger partial charge is 0.190 e. The van der Waals surface area contributed by atoms with Gasteiger partial charge in [0.2, 0.25) is 0 Å². The van der Waals surface area contributed by atoms with Crippen molar-refractivity contribution in [3.05, 3.63) is 29.8 Å². The summed E-state index contributed by atoms with van der Waals surface area (Å²) in [7, 11) is -1.34. The Morgan fingerprint density at radius 3 is 2.33 bits per heavy atom. The van der Waals surface area contributed by atoms with Gasteiger partial charge in [0.15, 0.2) is 15.8 Å². The van der Waals surface area contributed by atoms with E-state index in [0.717, 1.165) is 37.0 Å². The number of nitrogens with zero attached hydrogens (tertiary/aromatic N) is 2. The summed E-state index contributed by atoms with van der Waals surface area (Å²) in [5.41, 5.74) is 1.10. The molecule has 0 atom stereocenters. The van der Waals surface area contributed by atoms with Crippen molar-refractivity contribution in [1.29, 1.82) is 0 Å². The van der Waals surface area contributed by atoms with E-state index in [1.807, 2.05) is 12.1 Å². The van der Waals surface area contributed by atoms with Crippen LogP contribution in [0.25, 0.3) is 0 Å². The lowest BCUT2D eigenvalue weighted by Crippen LogP contribution is -2.40. The van der Waals surface area contributed by atoms with Gasteiger partial charge < -0.3 is 15.5 Å². The lowest BCUT2D eigenvalue weighted by molar-refractivity contribution is 0.187. The van der Waals surface area contributed by atoms with Crippen LogP contribution in [0, 0.1) is 5.92 Å². The summed E-state index contributed by atoms with van der Waals surface area (Å²) in [5.74, 6) is 1.64. The number of likely N-dealkylation sites (tertiary alicyclic amines) is 1. The summed E-state index contributed by atoms with van der Waals surface area (Å²) in [6, 6.07) is 7.08. The van der Waals surface area contributed by atoms with Crippen LogP contribution in [0.2, 0.25) is 0 Å². The average Bonchev–Trinajstić information content (AvgIpc) is 2.67. The summed E-state index contributed by atoms with van der Waals surface area (Å²) >= 11 is 0. The topological polar surface area (TPSA) is 73.8 Å². The Hall–Kier alpha value is -1.60. The molecule has 1 aliphatic rings. The first-order valence-electron chi connectivity index (χ1n) is 9.88. The van der Waals surface area contributed by atoms with Gasteiger partial charge in [0, 0.05) is 26.4 Å². The highest BCUT2D eigenvalue weighted by atomic mass is 32.2. The number of sulfone groups is 1.